The first-order valence-corrected chi connectivity index (χ1v) is 9.63. The summed E-state index contributed by atoms with van der Waals surface area (Å²) in [5, 5.41) is 0. The van der Waals surface area contributed by atoms with E-state index in [9.17, 15) is 0 Å². The molecular formula is C25H17AsMn2O6-. The third-order valence-electron chi connectivity index (χ3n) is 2.61. The summed E-state index contributed by atoms with van der Waals surface area (Å²) in [6.45, 7) is 30.7. The van der Waals surface area contributed by atoms with Crippen molar-refractivity contribution in [2.24, 2.45) is 0 Å². The first kappa shape index (κ1) is 48.9. The predicted octanol–water partition coefficient (Wildman–Crippen LogP) is 2.98. The Morgan fingerprint density at radius 1 is 0.412 bits per heavy atom. The average Bonchev–Trinajstić information content (AvgIpc) is 2.93. The molecule has 0 unspecified atom stereocenters. The third-order valence-corrected chi connectivity index (χ3v) is 4.95. The van der Waals surface area contributed by atoms with Gasteiger partial charge in [0.1, 0.15) is 0 Å². The molecule has 34 heavy (non-hydrogen) atoms. The summed E-state index contributed by atoms with van der Waals surface area (Å²) in [4.78, 5) is 0. The van der Waals surface area contributed by atoms with Crippen LogP contribution < -0.4 is 8.70 Å². The Bertz CT molecular complexity index is 779. The molecule has 0 spiro atoms. The van der Waals surface area contributed by atoms with Gasteiger partial charge in [0.2, 0.25) is 0 Å². The first-order valence-electron chi connectivity index (χ1n) is 7.76. The van der Waals surface area contributed by atoms with Gasteiger partial charge in [-0.15, -0.1) is 12.1 Å². The van der Waals surface area contributed by atoms with Gasteiger partial charge < -0.3 is 0 Å². The fraction of sp³-hybridized carbons (Fsp3) is 0. The molecule has 0 amide bonds. The van der Waals surface area contributed by atoms with Gasteiger partial charge in [-0.05, 0) is 0 Å². The molecular weight excluding hydrogens is 581 g/mol. The molecule has 6 nitrogen and oxygen atoms in total. The molecule has 0 atom stereocenters. The zero-order chi connectivity index (χ0) is 26.0. The second-order valence-corrected chi connectivity index (χ2v) is 6.90. The summed E-state index contributed by atoms with van der Waals surface area (Å²) < 4.78 is 47.9. The Balaban J connectivity index is -0.0000000601. The van der Waals surface area contributed by atoms with E-state index in [1.54, 1.807) is 0 Å². The van der Waals surface area contributed by atoms with Crippen LogP contribution in [0.2, 0.25) is 0 Å². The number of hydrogen-bond donors (Lipinski definition) is 0. The molecule has 3 radical (unpaired) electrons. The van der Waals surface area contributed by atoms with Gasteiger partial charge in [-0.2, -0.15) is 24.6 Å². The topological polar surface area (TPSA) is 119 Å². The molecule has 0 aliphatic rings. The van der Waals surface area contributed by atoms with Crippen LogP contribution in [0.1, 0.15) is 5.56 Å². The van der Waals surface area contributed by atoms with E-state index >= 15 is 0 Å². The van der Waals surface area contributed by atoms with Crippen LogP contribution in [-0.2, 0) is 62.1 Å². The SMILES string of the molecule is [C-]#[O+].[C-]#[O+].[C-]#[O+].[C-]#[O+].[C-]#[O+].[C-]#[O+].[CH2-]c1ccccc1.[Mn].[Mn].c1ccc([As]c2ccccc2)cc1. The van der Waals surface area contributed by atoms with Gasteiger partial charge in [0.25, 0.3) is 0 Å². The van der Waals surface area contributed by atoms with Gasteiger partial charge in [-0.1, -0.05) is 6.07 Å². The van der Waals surface area contributed by atoms with Gasteiger partial charge in [-0.25, -0.2) is 0 Å². The van der Waals surface area contributed by atoms with Crippen LogP contribution in [0.4, 0.5) is 0 Å². The van der Waals surface area contributed by atoms with Crippen molar-refractivity contribution in [2.45, 2.75) is 0 Å². The van der Waals surface area contributed by atoms with E-state index in [1.807, 2.05) is 30.3 Å². The predicted molar refractivity (Wildman–Crippen MR) is 112 cm³/mol. The summed E-state index contributed by atoms with van der Waals surface area (Å²) in [6, 6.07) is 31.2. The normalized spacial score (nSPS) is 5.88. The van der Waals surface area contributed by atoms with Crippen LogP contribution in [0.5, 0.6) is 0 Å². The second-order valence-electron chi connectivity index (χ2n) is 4.27. The zero-order valence-corrected chi connectivity index (χ0v) is 21.8. The Hall–Kier alpha value is -2.43. The minimum atomic E-state index is 0. The maximum absolute atomic E-state index is 7.50. The number of rotatable bonds is 2. The van der Waals surface area contributed by atoms with Crippen molar-refractivity contribution in [2.75, 3.05) is 0 Å². The Labute approximate surface area is 228 Å². The summed E-state index contributed by atoms with van der Waals surface area (Å²) in [6.07, 6.45) is 0. The van der Waals surface area contributed by atoms with Crippen molar-refractivity contribution in [1.82, 2.24) is 0 Å². The van der Waals surface area contributed by atoms with E-state index in [1.165, 1.54) is 8.70 Å². The summed E-state index contributed by atoms with van der Waals surface area (Å²) in [7, 11) is 0. The fourth-order valence-corrected chi connectivity index (χ4v) is 3.61. The van der Waals surface area contributed by atoms with Crippen LogP contribution >= 0.6 is 0 Å². The molecule has 0 bridgehead atoms. The first-order chi connectivity index (χ1) is 15.8. The van der Waals surface area contributed by atoms with Crippen molar-refractivity contribution in [1.29, 1.82) is 0 Å². The second kappa shape index (κ2) is 52.5. The fourth-order valence-electron chi connectivity index (χ4n) is 1.63. The molecule has 0 aliphatic carbocycles. The molecule has 0 fully saturated rings. The summed E-state index contributed by atoms with van der Waals surface area (Å²) >= 11 is 0.177. The molecule has 0 N–H and O–H groups in total. The van der Waals surface area contributed by atoms with Crippen LogP contribution in [0, 0.1) is 46.8 Å². The number of benzene rings is 3. The van der Waals surface area contributed by atoms with Crippen LogP contribution in [0.3, 0.4) is 0 Å². The Morgan fingerprint density at radius 2 is 0.618 bits per heavy atom. The molecule has 9 heteroatoms. The molecule has 3 aromatic rings. The van der Waals surface area contributed by atoms with Gasteiger partial charge >= 0.3 is 153 Å². The molecule has 0 aliphatic heterocycles. The van der Waals surface area contributed by atoms with Crippen molar-refractivity contribution in [3.8, 4) is 0 Å². The van der Waals surface area contributed by atoms with E-state index in [-0.39, 0.29) is 49.9 Å². The van der Waals surface area contributed by atoms with Crippen molar-refractivity contribution in [3.63, 3.8) is 0 Å². The van der Waals surface area contributed by atoms with E-state index in [0.717, 1.165) is 5.56 Å². The van der Waals surface area contributed by atoms with Crippen molar-refractivity contribution >= 4 is 24.5 Å². The summed E-state index contributed by atoms with van der Waals surface area (Å²) in [5.74, 6) is 0. The van der Waals surface area contributed by atoms with E-state index in [0.29, 0.717) is 0 Å². The average molecular weight is 598 g/mol. The van der Waals surface area contributed by atoms with Gasteiger partial charge in [0.05, 0.1) is 0 Å². The van der Waals surface area contributed by atoms with Crippen molar-refractivity contribution < 1.29 is 62.1 Å². The van der Waals surface area contributed by atoms with Gasteiger partial charge in [0.15, 0.2) is 0 Å². The van der Waals surface area contributed by atoms with E-state index in [2.05, 4.69) is 107 Å². The minimum absolute atomic E-state index is 0. The molecule has 3 rings (SSSR count). The number of hydrogen-bond acceptors (Lipinski definition) is 0. The quantitative estimate of drug-likeness (QED) is 0.245. The standard InChI is InChI=1S/C12H10As.C7H7.6CO.2Mn/c1-3-7-11(8-4-1)13-12-9-5-2-6-10-12;1-7-5-3-2-4-6-7;6*1-2;;/h1-10H;2-6H,1H2;;;;;;;;/q;-1;;;;;;;;. The monoisotopic (exact) mass is 598 g/mol. The molecule has 173 valence electrons. The molecule has 0 saturated heterocycles. The third kappa shape index (κ3) is 36.9. The van der Waals surface area contributed by atoms with Crippen LogP contribution in [0.15, 0.2) is 91.0 Å². The van der Waals surface area contributed by atoms with Gasteiger partial charge in [0, 0.05) is 34.1 Å². The molecule has 3 aromatic carbocycles. The Kier molecular flexibility index (Phi) is 75.4. The van der Waals surface area contributed by atoms with E-state index in [4.69, 9.17) is 27.9 Å². The molecule has 0 heterocycles. The van der Waals surface area contributed by atoms with Gasteiger partial charge in [-0.3, -0.25) is 0 Å². The maximum atomic E-state index is 7.50. The molecule has 0 saturated carbocycles. The van der Waals surface area contributed by atoms with E-state index < -0.39 is 0 Å². The Morgan fingerprint density at radius 3 is 0.794 bits per heavy atom. The van der Waals surface area contributed by atoms with Crippen molar-refractivity contribution in [3.05, 3.63) is 143 Å². The van der Waals surface area contributed by atoms with Crippen LogP contribution in [0.25, 0.3) is 0 Å². The molecule has 0 aromatic heterocycles. The zero-order valence-electron chi connectivity index (χ0n) is 17.5. The van der Waals surface area contributed by atoms with Crippen LogP contribution in [-0.4, -0.2) is 15.8 Å². The summed E-state index contributed by atoms with van der Waals surface area (Å²) in [5.41, 5.74) is 1.07.